The van der Waals surface area contributed by atoms with Crippen molar-refractivity contribution in [1.82, 2.24) is 5.32 Å². The van der Waals surface area contributed by atoms with Gasteiger partial charge in [0.05, 0.1) is 6.04 Å². The molecule has 0 heterocycles. The quantitative estimate of drug-likeness (QED) is 0.265. The Labute approximate surface area is 79.2 Å². The molecule has 0 bridgehead atoms. The first kappa shape index (κ1) is 10.3. The van der Waals surface area contributed by atoms with Gasteiger partial charge in [-0.05, 0) is 32.6 Å². The molecule has 1 fully saturated rings. The third kappa shape index (κ3) is 2.12. The van der Waals surface area contributed by atoms with Crippen LogP contribution in [0.2, 0.25) is 0 Å². The molecule has 76 valence electrons. The average molecular weight is 185 g/mol. The monoisotopic (exact) mass is 185 g/mol. The van der Waals surface area contributed by atoms with Crippen LogP contribution in [-0.2, 0) is 0 Å². The van der Waals surface area contributed by atoms with Crippen LogP contribution in [0.4, 0.5) is 0 Å². The summed E-state index contributed by atoms with van der Waals surface area (Å²) in [5, 5.41) is 14.9. The van der Waals surface area contributed by atoms with Crippen LogP contribution < -0.4 is 11.1 Å². The maximum Gasteiger partial charge on any atom is 0.156 e. The van der Waals surface area contributed by atoms with Crippen molar-refractivity contribution in [2.45, 2.75) is 51.1 Å². The van der Waals surface area contributed by atoms with Gasteiger partial charge in [0.2, 0.25) is 0 Å². The molecule has 0 aromatic heterocycles. The molecular formula is C9H19N3O. The largest absolute Gasteiger partial charge is 0.409 e. The minimum Gasteiger partial charge on any atom is -0.409 e. The van der Waals surface area contributed by atoms with Gasteiger partial charge in [0.1, 0.15) is 0 Å². The summed E-state index contributed by atoms with van der Waals surface area (Å²) in [5.74, 6) is 0.264. The lowest BCUT2D eigenvalue weighted by atomic mass is 9.74. The standard InChI is InChI=1S/C9H19N3O/c1-3-9(5-4-6-9)11-7(2)8(10)12-13/h7,11,13H,3-6H2,1-2H3,(H2,10,12). The molecule has 1 rings (SSSR count). The van der Waals surface area contributed by atoms with Gasteiger partial charge in [-0.15, -0.1) is 0 Å². The molecule has 0 aromatic carbocycles. The van der Waals surface area contributed by atoms with Crippen molar-refractivity contribution in [2.24, 2.45) is 10.9 Å². The number of amidine groups is 1. The molecule has 1 unspecified atom stereocenters. The Morgan fingerprint density at radius 2 is 2.31 bits per heavy atom. The first-order chi connectivity index (χ1) is 6.13. The normalized spacial score (nSPS) is 23.7. The number of nitrogens with one attached hydrogen (secondary N) is 1. The lowest BCUT2D eigenvalue weighted by Gasteiger charge is -2.44. The smallest absolute Gasteiger partial charge is 0.156 e. The van der Waals surface area contributed by atoms with Gasteiger partial charge >= 0.3 is 0 Å². The van der Waals surface area contributed by atoms with E-state index in [9.17, 15) is 0 Å². The minimum atomic E-state index is -0.0368. The molecule has 0 aromatic rings. The van der Waals surface area contributed by atoms with E-state index in [0.717, 1.165) is 6.42 Å². The summed E-state index contributed by atoms with van der Waals surface area (Å²) in [6.07, 6.45) is 4.79. The zero-order valence-electron chi connectivity index (χ0n) is 8.38. The molecule has 0 saturated heterocycles. The van der Waals surface area contributed by atoms with Crippen LogP contribution in [0.15, 0.2) is 5.16 Å². The third-order valence-corrected chi connectivity index (χ3v) is 3.07. The predicted octanol–water partition coefficient (Wildman–Crippen LogP) is 1.04. The van der Waals surface area contributed by atoms with Crippen LogP contribution in [0.3, 0.4) is 0 Å². The Hall–Kier alpha value is -0.770. The van der Waals surface area contributed by atoms with Gasteiger partial charge < -0.3 is 16.3 Å². The van der Waals surface area contributed by atoms with E-state index in [4.69, 9.17) is 10.9 Å². The van der Waals surface area contributed by atoms with Gasteiger partial charge in [-0.2, -0.15) is 0 Å². The van der Waals surface area contributed by atoms with Gasteiger partial charge in [-0.25, -0.2) is 0 Å². The van der Waals surface area contributed by atoms with Crippen LogP contribution in [0.25, 0.3) is 0 Å². The lowest BCUT2D eigenvalue weighted by Crippen LogP contribution is -2.57. The molecule has 0 radical (unpaired) electrons. The molecule has 13 heavy (non-hydrogen) atoms. The Morgan fingerprint density at radius 3 is 2.62 bits per heavy atom. The molecule has 0 amide bonds. The summed E-state index contributed by atoms with van der Waals surface area (Å²) in [4.78, 5) is 0. The van der Waals surface area contributed by atoms with Crippen LogP contribution in [0, 0.1) is 0 Å². The predicted molar refractivity (Wildman–Crippen MR) is 52.9 cm³/mol. The van der Waals surface area contributed by atoms with Gasteiger partial charge in [0, 0.05) is 5.54 Å². The molecule has 1 aliphatic rings. The first-order valence-corrected chi connectivity index (χ1v) is 4.88. The summed E-state index contributed by atoms with van der Waals surface area (Å²) in [5.41, 5.74) is 5.74. The molecule has 1 atom stereocenters. The van der Waals surface area contributed by atoms with Gasteiger partial charge in [0.15, 0.2) is 5.84 Å². The zero-order chi connectivity index (χ0) is 9.90. The van der Waals surface area contributed by atoms with Gasteiger partial charge in [0.25, 0.3) is 0 Å². The summed E-state index contributed by atoms with van der Waals surface area (Å²) < 4.78 is 0. The van der Waals surface area contributed by atoms with E-state index in [0.29, 0.717) is 0 Å². The van der Waals surface area contributed by atoms with E-state index in [1.165, 1.54) is 19.3 Å². The van der Waals surface area contributed by atoms with E-state index in [1.807, 2.05) is 6.92 Å². The van der Waals surface area contributed by atoms with Gasteiger partial charge in [-0.3, -0.25) is 0 Å². The molecule has 4 heteroatoms. The topological polar surface area (TPSA) is 70.6 Å². The maximum absolute atomic E-state index is 8.49. The highest BCUT2D eigenvalue weighted by Crippen LogP contribution is 2.34. The Balaban J connectivity index is 2.47. The summed E-state index contributed by atoms with van der Waals surface area (Å²) in [6, 6.07) is -0.0368. The van der Waals surface area contributed by atoms with Crippen molar-refractivity contribution in [3.63, 3.8) is 0 Å². The highest BCUT2D eigenvalue weighted by atomic mass is 16.4. The van der Waals surface area contributed by atoms with Crippen LogP contribution in [0.1, 0.15) is 39.5 Å². The third-order valence-electron chi connectivity index (χ3n) is 3.07. The SMILES string of the molecule is CCC1(NC(C)C(N)=NO)CCC1. The fourth-order valence-corrected chi connectivity index (χ4v) is 1.82. The number of hydrogen-bond donors (Lipinski definition) is 3. The Bertz CT molecular complexity index is 194. The van der Waals surface area contributed by atoms with E-state index in [2.05, 4.69) is 17.4 Å². The molecule has 1 aliphatic carbocycles. The van der Waals surface area contributed by atoms with Crippen LogP contribution >= 0.6 is 0 Å². The van der Waals surface area contributed by atoms with E-state index >= 15 is 0 Å². The maximum atomic E-state index is 8.49. The molecule has 1 saturated carbocycles. The van der Waals surface area contributed by atoms with Crippen LogP contribution in [-0.4, -0.2) is 22.6 Å². The molecule has 0 spiro atoms. The molecular weight excluding hydrogens is 166 g/mol. The van der Waals surface area contributed by atoms with Crippen molar-refractivity contribution >= 4 is 5.84 Å². The van der Waals surface area contributed by atoms with Crippen molar-refractivity contribution < 1.29 is 5.21 Å². The Kier molecular flexibility index (Phi) is 3.14. The fourth-order valence-electron chi connectivity index (χ4n) is 1.82. The van der Waals surface area contributed by atoms with E-state index < -0.39 is 0 Å². The second kappa shape index (κ2) is 3.96. The second-order valence-corrected chi connectivity index (χ2v) is 3.88. The first-order valence-electron chi connectivity index (χ1n) is 4.88. The number of oxime groups is 1. The highest BCUT2D eigenvalue weighted by Gasteiger charge is 2.36. The molecule has 4 nitrogen and oxygen atoms in total. The Morgan fingerprint density at radius 1 is 1.69 bits per heavy atom. The van der Waals surface area contributed by atoms with Crippen LogP contribution in [0.5, 0.6) is 0 Å². The second-order valence-electron chi connectivity index (χ2n) is 3.88. The number of rotatable bonds is 4. The van der Waals surface area contributed by atoms with E-state index in [-0.39, 0.29) is 17.4 Å². The fraction of sp³-hybridized carbons (Fsp3) is 0.889. The zero-order valence-corrected chi connectivity index (χ0v) is 8.38. The van der Waals surface area contributed by atoms with Crippen molar-refractivity contribution in [3.8, 4) is 0 Å². The number of nitrogens with two attached hydrogens (primary N) is 1. The summed E-state index contributed by atoms with van der Waals surface area (Å²) in [7, 11) is 0. The summed E-state index contributed by atoms with van der Waals surface area (Å²) in [6.45, 7) is 4.09. The molecule has 4 N–H and O–H groups in total. The summed E-state index contributed by atoms with van der Waals surface area (Å²) >= 11 is 0. The van der Waals surface area contributed by atoms with Gasteiger partial charge in [-0.1, -0.05) is 12.1 Å². The number of nitrogens with zero attached hydrogens (tertiary/aromatic N) is 1. The lowest BCUT2D eigenvalue weighted by molar-refractivity contribution is 0.171. The highest BCUT2D eigenvalue weighted by molar-refractivity contribution is 5.84. The minimum absolute atomic E-state index is 0.0368. The van der Waals surface area contributed by atoms with Crippen molar-refractivity contribution in [3.05, 3.63) is 0 Å². The van der Waals surface area contributed by atoms with Crippen molar-refractivity contribution in [2.75, 3.05) is 0 Å². The van der Waals surface area contributed by atoms with E-state index in [1.54, 1.807) is 0 Å². The average Bonchev–Trinajstić information content (AvgIpc) is 2.09. The van der Waals surface area contributed by atoms with Crippen molar-refractivity contribution in [1.29, 1.82) is 0 Å². The number of hydrogen-bond acceptors (Lipinski definition) is 3. The molecule has 0 aliphatic heterocycles.